The first-order valence-corrected chi connectivity index (χ1v) is 5.94. The van der Waals surface area contributed by atoms with E-state index in [9.17, 15) is 18.3 Å². The average Bonchev–Trinajstić information content (AvgIpc) is 2.19. The molecule has 0 saturated heterocycles. The molecule has 0 spiro atoms. The molecule has 0 aromatic heterocycles. The molecule has 1 aromatic carbocycles. The van der Waals surface area contributed by atoms with Crippen molar-refractivity contribution in [2.24, 2.45) is 0 Å². The zero-order valence-corrected chi connectivity index (χ0v) is 10.1. The van der Waals surface area contributed by atoms with Crippen LogP contribution in [0.5, 0.6) is 5.75 Å². The number of hydrogen-bond acceptors (Lipinski definition) is 2. The van der Waals surface area contributed by atoms with E-state index in [0.717, 1.165) is 5.56 Å². The first-order chi connectivity index (χ1) is 8.34. The van der Waals surface area contributed by atoms with Crippen molar-refractivity contribution in [2.45, 2.75) is 44.4 Å². The Morgan fingerprint density at radius 2 is 2.00 bits per heavy atom. The van der Waals surface area contributed by atoms with E-state index in [1.54, 1.807) is 12.1 Å². The summed E-state index contributed by atoms with van der Waals surface area (Å²) in [5.41, 5.74) is -0.340. The van der Waals surface area contributed by atoms with Crippen molar-refractivity contribution in [3.05, 3.63) is 29.3 Å². The second-order valence-corrected chi connectivity index (χ2v) is 4.92. The maximum Gasteiger partial charge on any atom is 0.406 e. The molecule has 1 fully saturated rings. The van der Waals surface area contributed by atoms with E-state index in [1.807, 2.05) is 6.92 Å². The van der Waals surface area contributed by atoms with Crippen molar-refractivity contribution in [1.29, 1.82) is 0 Å². The number of phenols is 1. The molecule has 2 rings (SSSR count). The van der Waals surface area contributed by atoms with Gasteiger partial charge in [0.2, 0.25) is 0 Å². The van der Waals surface area contributed by atoms with E-state index in [0.29, 0.717) is 12.0 Å². The van der Waals surface area contributed by atoms with Crippen LogP contribution in [0.15, 0.2) is 18.2 Å². The molecule has 1 aliphatic carbocycles. The minimum absolute atomic E-state index is 0.0322. The molecule has 0 bridgehead atoms. The molecule has 1 aliphatic rings. The van der Waals surface area contributed by atoms with E-state index in [2.05, 4.69) is 5.32 Å². The lowest BCUT2D eigenvalue weighted by Gasteiger charge is -2.44. The maximum atomic E-state index is 12.9. The van der Waals surface area contributed by atoms with Gasteiger partial charge in [-0.05, 0) is 32.3 Å². The Kier molecular flexibility index (Phi) is 3.27. The van der Waals surface area contributed by atoms with Gasteiger partial charge in [0.25, 0.3) is 0 Å². The highest BCUT2D eigenvalue weighted by molar-refractivity contribution is 5.35. The summed E-state index contributed by atoms with van der Waals surface area (Å²) in [7, 11) is 0. The van der Waals surface area contributed by atoms with Crippen molar-refractivity contribution >= 4 is 0 Å². The topological polar surface area (TPSA) is 32.3 Å². The summed E-state index contributed by atoms with van der Waals surface area (Å²) in [6.07, 6.45) is -3.41. The van der Waals surface area contributed by atoms with Gasteiger partial charge < -0.3 is 5.11 Å². The van der Waals surface area contributed by atoms with Gasteiger partial charge >= 0.3 is 6.18 Å². The summed E-state index contributed by atoms with van der Waals surface area (Å²) >= 11 is 0. The minimum atomic E-state index is -4.23. The molecule has 0 aliphatic heterocycles. The van der Waals surface area contributed by atoms with Gasteiger partial charge in [-0.25, -0.2) is 0 Å². The molecule has 1 aromatic rings. The molecule has 5 heteroatoms. The van der Waals surface area contributed by atoms with Gasteiger partial charge in [-0.1, -0.05) is 17.7 Å². The number of aromatic hydroxyl groups is 1. The molecule has 2 nitrogen and oxygen atoms in total. The number of alkyl halides is 3. The van der Waals surface area contributed by atoms with Crippen LogP contribution in [-0.4, -0.2) is 16.8 Å². The number of rotatable bonds is 3. The molecule has 1 saturated carbocycles. The fourth-order valence-electron chi connectivity index (χ4n) is 2.21. The third kappa shape index (κ3) is 2.32. The molecular weight excluding hydrogens is 243 g/mol. The van der Waals surface area contributed by atoms with Crippen LogP contribution in [0.25, 0.3) is 0 Å². The molecule has 0 amide bonds. The SMILES string of the molecule is Cc1ccc(O)c(CNC2(C(F)(F)F)CCC2)c1. The normalized spacial score (nSPS) is 18.4. The van der Waals surface area contributed by atoms with E-state index >= 15 is 0 Å². The highest BCUT2D eigenvalue weighted by atomic mass is 19.4. The van der Waals surface area contributed by atoms with Gasteiger partial charge in [-0.3, -0.25) is 5.32 Å². The van der Waals surface area contributed by atoms with Gasteiger partial charge in [-0.15, -0.1) is 0 Å². The number of nitrogens with one attached hydrogen (secondary N) is 1. The predicted molar refractivity (Wildman–Crippen MR) is 62.3 cm³/mol. The van der Waals surface area contributed by atoms with Gasteiger partial charge in [-0.2, -0.15) is 13.2 Å². The van der Waals surface area contributed by atoms with Crippen LogP contribution in [0.4, 0.5) is 13.2 Å². The molecule has 2 N–H and O–H groups in total. The third-order valence-corrected chi connectivity index (χ3v) is 3.60. The maximum absolute atomic E-state index is 12.9. The number of aryl methyl sites for hydroxylation is 1. The first kappa shape index (κ1) is 13.2. The summed E-state index contributed by atoms with van der Waals surface area (Å²) in [5.74, 6) is 0.0322. The first-order valence-electron chi connectivity index (χ1n) is 5.94. The zero-order valence-electron chi connectivity index (χ0n) is 10.1. The van der Waals surface area contributed by atoms with Crippen LogP contribution < -0.4 is 5.32 Å². The number of benzene rings is 1. The van der Waals surface area contributed by atoms with E-state index < -0.39 is 11.7 Å². The number of halogens is 3. The Labute approximate surface area is 104 Å². The van der Waals surface area contributed by atoms with Gasteiger partial charge in [0.1, 0.15) is 11.3 Å². The van der Waals surface area contributed by atoms with Crippen molar-refractivity contribution in [2.75, 3.05) is 0 Å². The van der Waals surface area contributed by atoms with Crippen molar-refractivity contribution in [3.8, 4) is 5.75 Å². The Hall–Kier alpha value is -1.23. The fraction of sp³-hybridized carbons (Fsp3) is 0.538. The summed E-state index contributed by atoms with van der Waals surface area (Å²) < 4.78 is 38.7. The van der Waals surface area contributed by atoms with Crippen molar-refractivity contribution in [1.82, 2.24) is 5.32 Å². The van der Waals surface area contributed by atoms with Crippen molar-refractivity contribution < 1.29 is 18.3 Å². The zero-order chi connectivity index (χ0) is 13.4. The summed E-state index contributed by atoms with van der Waals surface area (Å²) in [5, 5.41) is 12.2. The quantitative estimate of drug-likeness (QED) is 0.873. The minimum Gasteiger partial charge on any atom is -0.508 e. The third-order valence-electron chi connectivity index (χ3n) is 3.60. The lowest BCUT2D eigenvalue weighted by atomic mass is 9.76. The molecule has 100 valence electrons. The van der Waals surface area contributed by atoms with Gasteiger partial charge in [0, 0.05) is 12.1 Å². The molecule has 18 heavy (non-hydrogen) atoms. The molecule has 0 unspecified atom stereocenters. The second-order valence-electron chi connectivity index (χ2n) is 4.92. The highest BCUT2D eigenvalue weighted by Crippen LogP contribution is 2.45. The summed E-state index contributed by atoms with van der Waals surface area (Å²) in [6, 6.07) is 4.93. The van der Waals surface area contributed by atoms with Crippen LogP contribution in [0.1, 0.15) is 30.4 Å². The Morgan fingerprint density at radius 1 is 1.33 bits per heavy atom. The second kappa shape index (κ2) is 4.46. The highest BCUT2D eigenvalue weighted by Gasteiger charge is 2.57. The smallest absolute Gasteiger partial charge is 0.406 e. The molecule has 0 atom stereocenters. The van der Waals surface area contributed by atoms with Crippen LogP contribution in [-0.2, 0) is 6.54 Å². The summed E-state index contributed by atoms with van der Waals surface area (Å²) in [4.78, 5) is 0. The van der Waals surface area contributed by atoms with Crippen LogP contribution in [0.3, 0.4) is 0 Å². The predicted octanol–water partition coefficient (Wildman–Crippen LogP) is 3.28. The lowest BCUT2D eigenvalue weighted by Crippen LogP contribution is -2.61. The number of hydrogen-bond donors (Lipinski definition) is 2. The Balaban J connectivity index is 2.09. The van der Waals surface area contributed by atoms with Crippen LogP contribution >= 0.6 is 0 Å². The molecule has 0 radical (unpaired) electrons. The Morgan fingerprint density at radius 3 is 2.50 bits per heavy atom. The van der Waals surface area contributed by atoms with Crippen LogP contribution in [0.2, 0.25) is 0 Å². The fourth-order valence-corrected chi connectivity index (χ4v) is 2.21. The molecule has 0 heterocycles. The standard InChI is InChI=1S/C13H16F3NO/c1-9-3-4-11(18)10(7-9)8-17-12(5-2-6-12)13(14,15)16/h3-4,7,17-18H,2,5-6,8H2,1H3. The lowest BCUT2D eigenvalue weighted by molar-refractivity contribution is -0.219. The largest absolute Gasteiger partial charge is 0.508 e. The van der Waals surface area contributed by atoms with Gasteiger partial charge in [0.15, 0.2) is 0 Å². The monoisotopic (exact) mass is 259 g/mol. The van der Waals surface area contributed by atoms with Crippen LogP contribution in [0, 0.1) is 6.92 Å². The average molecular weight is 259 g/mol. The van der Waals surface area contributed by atoms with Crippen molar-refractivity contribution in [3.63, 3.8) is 0 Å². The van der Waals surface area contributed by atoms with E-state index in [1.165, 1.54) is 6.07 Å². The summed E-state index contributed by atoms with van der Waals surface area (Å²) in [6.45, 7) is 1.87. The van der Waals surface area contributed by atoms with E-state index in [4.69, 9.17) is 0 Å². The molecular formula is C13H16F3NO. The Bertz CT molecular complexity index is 438. The number of phenolic OH excluding ortho intramolecular Hbond substituents is 1. The van der Waals surface area contributed by atoms with E-state index in [-0.39, 0.29) is 25.1 Å². The van der Waals surface area contributed by atoms with Gasteiger partial charge in [0.05, 0.1) is 0 Å².